The van der Waals surface area contributed by atoms with Gasteiger partial charge in [0.1, 0.15) is 0 Å². The van der Waals surface area contributed by atoms with E-state index in [-0.39, 0.29) is 6.10 Å². The average Bonchev–Trinajstić information content (AvgIpc) is 2.49. The zero-order valence-corrected chi connectivity index (χ0v) is 11.9. The van der Waals surface area contributed by atoms with Gasteiger partial charge in [-0.1, -0.05) is 6.07 Å². The van der Waals surface area contributed by atoms with E-state index < -0.39 is 0 Å². The molecule has 112 valence electrons. The first-order valence-corrected chi connectivity index (χ1v) is 6.95. The van der Waals surface area contributed by atoms with Crippen LogP contribution in [-0.2, 0) is 11.3 Å². The average molecular weight is 281 g/mol. The van der Waals surface area contributed by atoms with Crippen molar-refractivity contribution in [2.24, 2.45) is 0 Å². The second-order valence-electron chi connectivity index (χ2n) is 4.91. The standard InChI is InChI=1S/C14H23N3O3/c1-19-14-3-2-12(9-16-14)8-15-10-13(18)11-17-4-6-20-7-5-17/h2-3,9,13,15,18H,4-8,10-11H2,1H3. The number of morpholine rings is 1. The minimum absolute atomic E-state index is 0.362. The van der Waals surface area contributed by atoms with Crippen LogP contribution in [0.5, 0.6) is 5.88 Å². The number of hydrogen-bond donors (Lipinski definition) is 2. The van der Waals surface area contributed by atoms with Crippen LogP contribution in [0.1, 0.15) is 5.56 Å². The van der Waals surface area contributed by atoms with Gasteiger partial charge in [-0.25, -0.2) is 4.98 Å². The van der Waals surface area contributed by atoms with E-state index in [0.29, 0.717) is 25.5 Å². The number of nitrogens with one attached hydrogen (secondary N) is 1. The molecule has 0 saturated carbocycles. The van der Waals surface area contributed by atoms with Crippen molar-refractivity contribution < 1.29 is 14.6 Å². The van der Waals surface area contributed by atoms with Gasteiger partial charge in [-0.05, 0) is 5.56 Å². The molecular formula is C14H23N3O3. The molecule has 0 amide bonds. The van der Waals surface area contributed by atoms with Crippen molar-refractivity contribution >= 4 is 0 Å². The van der Waals surface area contributed by atoms with Crippen LogP contribution in [0.3, 0.4) is 0 Å². The summed E-state index contributed by atoms with van der Waals surface area (Å²) < 4.78 is 10.3. The van der Waals surface area contributed by atoms with Crippen LogP contribution >= 0.6 is 0 Å². The van der Waals surface area contributed by atoms with Gasteiger partial charge >= 0.3 is 0 Å². The van der Waals surface area contributed by atoms with Crippen molar-refractivity contribution in [1.29, 1.82) is 0 Å². The second kappa shape index (κ2) is 8.16. The molecule has 1 aliphatic rings. The fraction of sp³-hybridized carbons (Fsp3) is 0.643. The number of methoxy groups -OCH3 is 1. The molecule has 1 fully saturated rings. The smallest absolute Gasteiger partial charge is 0.212 e. The number of β-amino-alcohol motifs (C(OH)–C–C–N with tert-alkyl or cyclic N) is 1. The van der Waals surface area contributed by atoms with Crippen molar-refractivity contribution in [3.8, 4) is 5.88 Å². The third-order valence-corrected chi connectivity index (χ3v) is 3.29. The Labute approximate surface area is 119 Å². The zero-order chi connectivity index (χ0) is 14.2. The molecule has 0 radical (unpaired) electrons. The topological polar surface area (TPSA) is 66.8 Å². The Kier molecular flexibility index (Phi) is 6.20. The minimum atomic E-state index is -0.362. The van der Waals surface area contributed by atoms with Crippen LogP contribution in [0.25, 0.3) is 0 Å². The summed E-state index contributed by atoms with van der Waals surface area (Å²) in [5.74, 6) is 0.612. The highest BCUT2D eigenvalue weighted by Gasteiger charge is 2.14. The van der Waals surface area contributed by atoms with E-state index in [2.05, 4.69) is 15.2 Å². The Morgan fingerprint density at radius 1 is 1.45 bits per heavy atom. The number of aromatic nitrogens is 1. The molecule has 1 aliphatic heterocycles. The first-order chi connectivity index (χ1) is 9.78. The van der Waals surface area contributed by atoms with Gasteiger partial charge in [0.2, 0.25) is 5.88 Å². The minimum Gasteiger partial charge on any atom is -0.481 e. The quantitative estimate of drug-likeness (QED) is 0.726. The van der Waals surface area contributed by atoms with Crippen LogP contribution in [0.15, 0.2) is 18.3 Å². The van der Waals surface area contributed by atoms with E-state index in [1.165, 1.54) is 0 Å². The van der Waals surface area contributed by atoms with E-state index >= 15 is 0 Å². The maximum Gasteiger partial charge on any atom is 0.212 e. The summed E-state index contributed by atoms with van der Waals surface area (Å²) in [6.45, 7) is 5.28. The molecule has 6 nitrogen and oxygen atoms in total. The lowest BCUT2D eigenvalue weighted by molar-refractivity contribution is 0.0149. The molecule has 1 unspecified atom stereocenters. The first-order valence-electron chi connectivity index (χ1n) is 6.95. The number of nitrogens with zero attached hydrogens (tertiary/aromatic N) is 2. The van der Waals surface area contributed by atoms with E-state index in [4.69, 9.17) is 9.47 Å². The van der Waals surface area contributed by atoms with E-state index in [0.717, 1.165) is 31.9 Å². The van der Waals surface area contributed by atoms with Crippen LogP contribution < -0.4 is 10.1 Å². The Hall–Kier alpha value is -1.21. The van der Waals surface area contributed by atoms with Gasteiger partial charge in [0, 0.05) is 45.0 Å². The second-order valence-corrected chi connectivity index (χ2v) is 4.91. The van der Waals surface area contributed by atoms with Gasteiger partial charge in [0.05, 0.1) is 26.4 Å². The fourth-order valence-electron chi connectivity index (χ4n) is 2.17. The SMILES string of the molecule is COc1ccc(CNCC(O)CN2CCOCC2)cn1. The Balaban J connectivity index is 1.63. The normalized spacial score (nSPS) is 17.9. The molecule has 2 N–H and O–H groups in total. The van der Waals surface area contributed by atoms with Gasteiger partial charge in [-0.3, -0.25) is 4.90 Å². The summed E-state index contributed by atoms with van der Waals surface area (Å²) in [5, 5.41) is 13.2. The molecule has 2 heterocycles. The maximum atomic E-state index is 9.98. The molecule has 0 bridgehead atoms. The van der Waals surface area contributed by atoms with E-state index in [1.54, 1.807) is 13.3 Å². The number of rotatable bonds is 7. The molecule has 1 saturated heterocycles. The highest BCUT2D eigenvalue weighted by atomic mass is 16.5. The van der Waals surface area contributed by atoms with Gasteiger partial charge in [0.25, 0.3) is 0 Å². The molecule has 1 aromatic rings. The molecule has 0 spiro atoms. The molecule has 1 atom stereocenters. The number of aliphatic hydroxyl groups excluding tert-OH is 1. The molecule has 2 rings (SSSR count). The lowest BCUT2D eigenvalue weighted by atomic mass is 10.2. The highest BCUT2D eigenvalue weighted by Crippen LogP contribution is 2.06. The fourth-order valence-corrected chi connectivity index (χ4v) is 2.17. The molecule has 20 heavy (non-hydrogen) atoms. The lowest BCUT2D eigenvalue weighted by Gasteiger charge is -2.28. The molecule has 0 aliphatic carbocycles. The predicted molar refractivity (Wildman–Crippen MR) is 75.8 cm³/mol. The number of ether oxygens (including phenoxy) is 2. The number of hydrogen-bond acceptors (Lipinski definition) is 6. The largest absolute Gasteiger partial charge is 0.481 e. The Morgan fingerprint density at radius 3 is 2.90 bits per heavy atom. The van der Waals surface area contributed by atoms with Gasteiger partial charge in [-0.2, -0.15) is 0 Å². The molecule has 6 heteroatoms. The van der Waals surface area contributed by atoms with Crippen molar-refractivity contribution in [3.05, 3.63) is 23.9 Å². The monoisotopic (exact) mass is 281 g/mol. The maximum absolute atomic E-state index is 9.98. The lowest BCUT2D eigenvalue weighted by Crippen LogP contribution is -2.43. The third-order valence-electron chi connectivity index (χ3n) is 3.29. The first kappa shape index (κ1) is 15.2. The van der Waals surface area contributed by atoms with Crippen LogP contribution in [0.2, 0.25) is 0 Å². The van der Waals surface area contributed by atoms with Gasteiger partial charge in [0.15, 0.2) is 0 Å². The summed E-state index contributed by atoms with van der Waals surface area (Å²) in [6.07, 6.45) is 1.42. The van der Waals surface area contributed by atoms with Crippen molar-refractivity contribution in [2.75, 3.05) is 46.5 Å². The number of aliphatic hydroxyl groups is 1. The highest BCUT2D eigenvalue weighted by molar-refractivity contribution is 5.17. The summed E-state index contributed by atoms with van der Waals surface area (Å²) >= 11 is 0. The van der Waals surface area contributed by atoms with Crippen molar-refractivity contribution in [2.45, 2.75) is 12.6 Å². The summed E-state index contributed by atoms with van der Waals surface area (Å²) in [4.78, 5) is 6.37. The summed E-state index contributed by atoms with van der Waals surface area (Å²) in [6, 6.07) is 3.80. The summed E-state index contributed by atoms with van der Waals surface area (Å²) in [7, 11) is 1.60. The zero-order valence-electron chi connectivity index (χ0n) is 11.9. The van der Waals surface area contributed by atoms with Crippen LogP contribution in [0, 0.1) is 0 Å². The van der Waals surface area contributed by atoms with Gasteiger partial charge < -0.3 is 19.9 Å². The van der Waals surface area contributed by atoms with Crippen molar-refractivity contribution in [1.82, 2.24) is 15.2 Å². The third kappa shape index (κ3) is 5.05. The predicted octanol–water partition coefficient (Wildman–Crippen LogP) is -0.127. The Bertz CT molecular complexity index is 380. The number of pyridine rings is 1. The molecule has 1 aromatic heterocycles. The van der Waals surface area contributed by atoms with E-state index in [9.17, 15) is 5.11 Å². The van der Waals surface area contributed by atoms with E-state index in [1.807, 2.05) is 12.1 Å². The summed E-state index contributed by atoms with van der Waals surface area (Å²) in [5.41, 5.74) is 1.07. The molecule has 0 aromatic carbocycles. The van der Waals surface area contributed by atoms with Crippen LogP contribution in [-0.4, -0.2) is 67.6 Å². The van der Waals surface area contributed by atoms with Gasteiger partial charge in [-0.15, -0.1) is 0 Å². The van der Waals surface area contributed by atoms with Crippen molar-refractivity contribution in [3.63, 3.8) is 0 Å². The van der Waals surface area contributed by atoms with Crippen LogP contribution in [0.4, 0.5) is 0 Å². The Morgan fingerprint density at radius 2 is 2.25 bits per heavy atom. The molecular weight excluding hydrogens is 258 g/mol.